The molecule has 0 radical (unpaired) electrons. The summed E-state index contributed by atoms with van der Waals surface area (Å²) in [7, 11) is 0. The predicted octanol–water partition coefficient (Wildman–Crippen LogP) is 2.91. The number of ether oxygens (including phenoxy) is 1. The third-order valence-corrected chi connectivity index (χ3v) is 3.49. The van der Waals surface area contributed by atoms with E-state index in [0.717, 1.165) is 43.6 Å². The molecule has 4 nitrogen and oxygen atoms in total. The van der Waals surface area contributed by atoms with Gasteiger partial charge in [-0.2, -0.15) is 0 Å². The van der Waals surface area contributed by atoms with Gasteiger partial charge in [0.1, 0.15) is 11.6 Å². The van der Waals surface area contributed by atoms with Crippen LogP contribution >= 0.6 is 0 Å². The van der Waals surface area contributed by atoms with Gasteiger partial charge in [-0.1, -0.05) is 41.5 Å². The van der Waals surface area contributed by atoms with E-state index in [4.69, 9.17) is 14.7 Å². The van der Waals surface area contributed by atoms with Crippen LogP contribution in [0.4, 0.5) is 5.82 Å². The lowest BCUT2D eigenvalue weighted by molar-refractivity contribution is 0.122. The zero-order valence-corrected chi connectivity index (χ0v) is 13.7. The monoisotopic (exact) mass is 277 g/mol. The minimum atomic E-state index is -0.0394. The van der Waals surface area contributed by atoms with E-state index in [1.807, 2.05) is 0 Å². The van der Waals surface area contributed by atoms with Crippen molar-refractivity contribution in [3.8, 4) is 0 Å². The van der Waals surface area contributed by atoms with Gasteiger partial charge in [-0.25, -0.2) is 9.97 Å². The molecule has 1 aliphatic heterocycles. The molecular weight excluding hydrogens is 250 g/mol. The topological polar surface area (TPSA) is 38.2 Å². The van der Waals surface area contributed by atoms with E-state index >= 15 is 0 Å². The average molecular weight is 277 g/mol. The van der Waals surface area contributed by atoms with Crippen LogP contribution in [-0.4, -0.2) is 36.3 Å². The van der Waals surface area contributed by atoms with E-state index < -0.39 is 0 Å². The lowest BCUT2D eigenvalue weighted by atomic mass is 9.90. The van der Waals surface area contributed by atoms with Crippen molar-refractivity contribution in [2.24, 2.45) is 0 Å². The van der Waals surface area contributed by atoms with Crippen molar-refractivity contribution < 1.29 is 4.74 Å². The van der Waals surface area contributed by atoms with Gasteiger partial charge in [0.25, 0.3) is 0 Å². The highest BCUT2D eigenvalue weighted by atomic mass is 16.5. The normalized spacial score (nSPS) is 17.4. The first-order chi connectivity index (χ1) is 9.18. The summed E-state index contributed by atoms with van der Waals surface area (Å²) in [6.45, 7) is 16.5. The second-order valence-corrected chi connectivity index (χ2v) is 7.53. The summed E-state index contributed by atoms with van der Waals surface area (Å²) in [5.41, 5.74) is 1.10. The van der Waals surface area contributed by atoms with Gasteiger partial charge in [0, 0.05) is 30.0 Å². The van der Waals surface area contributed by atoms with Crippen molar-refractivity contribution >= 4 is 5.82 Å². The molecule has 0 N–H and O–H groups in total. The average Bonchev–Trinajstić information content (AvgIpc) is 2.37. The second-order valence-electron chi connectivity index (χ2n) is 7.53. The molecule has 0 spiro atoms. The molecule has 2 heterocycles. The Labute approximate surface area is 122 Å². The van der Waals surface area contributed by atoms with Crippen LogP contribution in [0.25, 0.3) is 0 Å². The molecule has 1 aromatic heterocycles. The number of aromatic nitrogens is 2. The van der Waals surface area contributed by atoms with E-state index in [0.29, 0.717) is 0 Å². The summed E-state index contributed by atoms with van der Waals surface area (Å²) in [5, 5.41) is 0. The summed E-state index contributed by atoms with van der Waals surface area (Å²) < 4.78 is 5.43. The molecule has 0 aliphatic carbocycles. The first-order valence-electron chi connectivity index (χ1n) is 7.41. The highest BCUT2D eigenvalue weighted by molar-refractivity contribution is 5.42. The van der Waals surface area contributed by atoms with Crippen molar-refractivity contribution in [2.45, 2.75) is 52.4 Å². The number of rotatable bonds is 1. The molecule has 2 rings (SSSR count). The molecule has 112 valence electrons. The third kappa shape index (κ3) is 3.48. The molecule has 0 amide bonds. The van der Waals surface area contributed by atoms with E-state index in [1.54, 1.807) is 0 Å². The first kappa shape index (κ1) is 15.2. The Hall–Kier alpha value is -1.16. The lowest BCUT2D eigenvalue weighted by Gasteiger charge is -2.31. The molecule has 0 bridgehead atoms. The molecular formula is C16H27N3O. The Kier molecular flexibility index (Phi) is 4.05. The standard InChI is InChI=1S/C16H27N3O/c1-15(2,3)12-11-13(19-7-9-20-10-8-19)18-14(17-12)16(4,5)6/h11H,7-10H2,1-6H3. The Bertz CT molecular complexity index is 433. The molecule has 0 saturated carbocycles. The second kappa shape index (κ2) is 5.32. The van der Waals surface area contributed by atoms with Gasteiger partial charge < -0.3 is 9.64 Å². The van der Waals surface area contributed by atoms with Crippen LogP contribution in [-0.2, 0) is 15.6 Å². The van der Waals surface area contributed by atoms with Crippen molar-refractivity contribution in [1.29, 1.82) is 0 Å². The van der Waals surface area contributed by atoms with Gasteiger partial charge in [-0.3, -0.25) is 0 Å². The maximum Gasteiger partial charge on any atom is 0.136 e. The Morgan fingerprint density at radius 3 is 2.05 bits per heavy atom. The van der Waals surface area contributed by atoms with E-state index in [2.05, 4.69) is 52.5 Å². The quantitative estimate of drug-likeness (QED) is 0.791. The van der Waals surface area contributed by atoms with Crippen LogP contribution in [0.2, 0.25) is 0 Å². The predicted molar refractivity (Wildman–Crippen MR) is 82.5 cm³/mol. The van der Waals surface area contributed by atoms with Crippen molar-refractivity contribution in [3.63, 3.8) is 0 Å². The van der Waals surface area contributed by atoms with Gasteiger partial charge in [0.2, 0.25) is 0 Å². The molecule has 0 unspecified atom stereocenters. The molecule has 20 heavy (non-hydrogen) atoms. The molecule has 1 fully saturated rings. The SMILES string of the molecule is CC(C)(C)c1cc(N2CCOCC2)nc(C(C)(C)C)n1. The van der Waals surface area contributed by atoms with Crippen LogP contribution in [0.3, 0.4) is 0 Å². The van der Waals surface area contributed by atoms with Crippen molar-refractivity contribution in [1.82, 2.24) is 9.97 Å². The van der Waals surface area contributed by atoms with Crippen molar-refractivity contribution in [3.05, 3.63) is 17.6 Å². The maximum absolute atomic E-state index is 5.43. The van der Waals surface area contributed by atoms with Gasteiger partial charge >= 0.3 is 0 Å². The molecule has 4 heteroatoms. The summed E-state index contributed by atoms with van der Waals surface area (Å²) in [6, 6.07) is 2.14. The molecule has 1 aliphatic rings. The number of morpholine rings is 1. The zero-order chi connectivity index (χ0) is 15.0. The largest absolute Gasteiger partial charge is 0.378 e. The highest BCUT2D eigenvalue weighted by Crippen LogP contribution is 2.28. The molecule has 0 atom stereocenters. The van der Waals surface area contributed by atoms with Crippen LogP contribution in [0.1, 0.15) is 53.1 Å². The van der Waals surface area contributed by atoms with Gasteiger partial charge in [0.05, 0.1) is 18.9 Å². The number of hydrogen-bond donors (Lipinski definition) is 0. The first-order valence-corrected chi connectivity index (χ1v) is 7.41. The van der Waals surface area contributed by atoms with Gasteiger partial charge in [-0.05, 0) is 0 Å². The summed E-state index contributed by atoms with van der Waals surface area (Å²) in [6.07, 6.45) is 0. The minimum absolute atomic E-state index is 0.0317. The fraction of sp³-hybridized carbons (Fsp3) is 0.750. The third-order valence-electron chi connectivity index (χ3n) is 3.49. The van der Waals surface area contributed by atoms with E-state index in [1.165, 1.54) is 0 Å². The zero-order valence-electron chi connectivity index (χ0n) is 13.7. The summed E-state index contributed by atoms with van der Waals surface area (Å²) in [5.74, 6) is 1.96. The number of nitrogens with zero attached hydrogens (tertiary/aromatic N) is 3. The summed E-state index contributed by atoms with van der Waals surface area (Å²) >= 11 is 0. The van der Waals surface area contributed by atoms with Crippen LogP contribution in [0.5, 0.6) is 0 Å². The highest BCUT2D eigenvalue weighted by Gasteiger charge is 2.25. The molecule has 1 aromatic rings. The molecule has 1 saturated heterocycles. The van der Waals surface area contributed by atoms with E-state index in [-0.39, 0.29) is 10.8 Å². The van der Waals surface area contributed by atoms with E-state index in [9.17, 15) is 0 Å². The number of anilines is 1. The fourth-order valence-corrected chi connectivity index (χ4v) is 2.11. The van der Waals surface area contributed by atoms with Gasteiger partial charge in [0.15, 0.2) is 0 Å². The Morgan fingerprint density at radius 2 is 1.55 bits per heavy atom. The number of hydrogen-bond acceptors (Lipinski definition) is 4. The Morgan fingerprint density at radius 1 is 0.950 bits per heavy atom. The fourth-order valence-electron chi connectivity index (χ4n) is 2.11. The smallest absolute Gasteiger partial charge is 0.136 e. The Balaban J connectivity index is 2.45. The summed E-state index contributed by atoms with van der Waals surface area (Å²) in [4.78, 5) is 11.9. The van der Waals surface area contributed by atoms with Crippen LogP contribution in [0, 0.1) is 0 Å². The molecule has 0 aromatic carbocycles. The lowest BCUT2D eigenvalue weighted by Crippen LogP contribution is -2.37. The van der Waals surface area contributed by atoms with Crippen LogP contribution < -0.4 is 4.90 Å². The maximum atomic E-state index is 5.43. The minimum Gasteiger partial charge on any atom is -0.378 e. The van der Waals surface area contributed by atoms with Gasteiger partial charge in [-0.15, -0.1) is 0 Å². The van der Waals surface area contributed by atoms with Crippen LogP contribution in [0.15, 0.2) is 6.07 Å². The van der Waals surface area contributed by atoms with Crippen molar-refractivity contribution in [2.75, 3.05) is 31.2 Å².